The van der Waals surface area contributed by atoms with E-state index in [0.717, 1.165) is 42.5 Å². The predicted octanol–water partition coefficient (Wildman–Crippen LogP) is 3.51. The van der Waals surface area contributed by atoms with E-state index in [9.17, 15) is 9.59 Å². The fourth-order valence-electron chi connectivity index (χ4n) is 3.78. The van der Waals surface area contributed by atoms with Crippen molar-refractivity contribution < 1.29 is 19.1 Å². The van der Waals surface area contributed by atoms with Gasteiger partial charge in [-0.05, 0) is 55.7 Å². The number of esters is 1. The molecule has 0 bridgehead atoms. The van der Waals surface area contributed by atoms with Crippen molar-refractivity contribution in [3.63, 3.8) is 0 Å². The van der Waals surface area contributed by atoms with Crippen LogP contribution in [0, 0.1) is 0 Å². The maximum atomic E-state index is 12.8. The summed E-state index contributed by atoms with van der Waals surface area (Å²) in [6.07, 6.45) is 2.12. The molecule has 0 saturated carbocycles. The number of amides is 1. The molecule has 7 nitrogen and oxygen atoms in total. The van der Waals surface area contributed by atoms with E-state index in [-0.39, 0.29) is 11.9 Å². The fraction of sp³-hybridized carbons (Fsp3) is 0.348. The Kier molecular flexibility index (Phi) is 5.70. The Labute approximate surface area is 175 Å². The smallest absolute Gasteiger partial charge is 0.337 e. The molecule has 1 fully saturated rings. The Morgan fingerprint density at radius 2 is 1.73 bits per heavy atom. The Morgan fingerprint density at radius 1 is 1.03 bits per heavy atom. The molecule has 30 heavy (non-hydrogen) atoms. The number of fused-ring (bicyclic) bond motifs is 1. The van der Waals surface area contributed by atoms with Crippen LogP contribution in [0.1, 0.15) is 46.0 Å². The van der Waals surface area contributed by atoms with E-state index < -0.39 is 0 Å². The molecule has 0 radical (unpaired) electrons. The van der Waals surface area contributed by atoms with Crippen LogP contribution in [0.2, 0.25) is 0 Å². The lowest BCUT2D eigenvalue weighted by Crippen LogP contribution is -2.27. The molecule has 0 aliphatic carbocycles. The van der Waals surface area contributed by atoms with Gasteiger partial charge in [0.1, 0.15) is 0 Å². The van der Waals surface area contributed by atoms with E-state index in [1.807, 2.05) is 46.7 Å². The highest BCUT2D eigenvalue weighted by Crippen LogP contribution is 2.25. The summed E-state index contributed by atoms with van der Waals surface area (Å²) in [5.41, 5.74) is 3.78. The second-order valence-corrected chi connectivity index (χ2v) is 7.30. The number of benzene rings is 2. The Morgan fingerprint density at radius 3 is 2.40 bits per heavy atom. The van der Waals surface area contributed by atoms with E-state index in [2.05, 4.69) is 4.98 Å². The summed E-state index contributed by atoms with van der Waals surface area (Å²) in [6.45, 7) is 4.54. The first-order valence-electron chi connectivity index (χ1n) is 10.2. The molecule has 3 aromatic rings. The molecule has 1 aliphatic rings. The first-order chi connectivity index (χ1) is 14.6. The highest BCUT2D eigenvalue weighted by molar-refractivity contribution is 5.97. The molecule has 0 spiro atoms. The SMILES string of the molecule is CCOc1nc2ccc(C(=O)N3CCCC3)cc2n1Cc1ccc(C(=O)OC)cc1. The normalized spacial score (nSPS) is 13.6. The van der Waals surface area contributed by atoms with Gasteiger partial charge in [0.05, 0.1) is 36.9 Å². The van der Waals surface area contributed by atoms with E-state index in [1.54, 1.807) is 12.1 Å². The lowest BCUT2D eigenvalue weighted by molar-refractivity contribution is 0.0600. The minimum Gasteiger partial charge on any atom is -0.465 e. The quantitative estimate of drug-likeness (QED) is 0.585. The van der Waals surface area contributed by atoms with Crippen molar-refractivity contribution in [1.82, 2.24) is 14.5 Å². The van der Waals surface area contributed by atoms with Gasteiger partial charge in [-0.2, -0.15) is 4.98 Å². The van der Waals surface area contributed by atoms with Gasteiger partial charge in [0.15, 0.2) is 0 Å². The van der Waals surface area contributed by atoms with Crippen molar-refractivity contribution in [3.8, 4) is 6.01 Å². The second-order valence-electron chi connectivity index (χ2n) is 7.30. The van der Waals surface area contributed by atoms with Crippen LogP contribution in [0.15, 0.2) is 42.5 Å². The third-order valence-corrected chi connectivity index (χ3v) is 5.34. The van der Waals surface area contributed by atoms with Crippen LogP contribution in [0.3, 0.4) is 0 Å². The molecule has 4 rings (SSSR count). The average molecular weight is 407 g/mol. The first-order valence-corrected chi connectivity index (χ1v) is 10.2. The maximum Gasteiger partial charge on any atom is 0.337 e. The topological polar surface area (TPSA) is 73.7 Å². The number of hydrogen-bond acceptors (Lipinski definition) is 5. The van der Waals surface area contributed by atoms with Gasteiger partial charge in [-0.25, -0.2) is 4.79 Å². The van der Waals surface area contributed by atoms with E-state index in [0.29, 0.717) is 30.3 Å². The number of carbonyl (C=O) groups excluding carboxylic acids is 2. The fourth-order valence-corrected chi connectivity index (χ4v) is 3.78. The van der Waals surface area contributed by atoms with Gasteiger partial charge < -0.3 is 14.4 Å². The molecular weight excluding hydrogens is 382 g/mol. The van der Waals surface area contributed by atoms with Crippen molar-refractivity contribution in [1.29, 1.82) is 0 Å². The highest BCUT2D eigenvalue weighted by Gasteiger charge is 2.21. The predicted molar refractivity (Wildman–Crippen MR) is 113 cm³/mol. The summed E-state index contributed by atoms with van der Waals surface area (Å²) < 4.78 is 12.5. The minimum atomic E-state index is -0.366. The first kappa shape index (κ1) is 19.9. The van der Waals surface area contributed by atoms with E-state index >= 15 is 0 Å². The van der Waals surface area contributed by atoms with Crippen LogP contribution in [0.5, 0.6) is 6.01 Å². The molecule has 0 atom stereocenters. The number of aromatic nitrogens is 2. The third-order valence-electron chi connectivity index (χ3n) is 5.34. The van der Waals surface area contributed by atoms with E-state index in [4.69, 9.17) is 9.47 Å². The largest absolute Gasteiger partial charge is 0.465 e. The molecule has 1 amide bonds. The zero-order chi connectivity index (χ0) is 21.1. The van der Waals surface area contributed by atoms with Crippen molar-refractivity contribution in [2.24, 2.45) is 0 Å². The Hall–Kier alpha value is -3.35. The number of imidazole rings is 1. The maximum absolute atomic E-state index is 12.8. The second kappa shape index (κ2) is 8.57. The lowest BCUT2D eigenvalue weighted by atomic mass is 10.1. The number of rotatable bonds is 6. The summed E-state index contributed by atoms with van der Waals surface area (Å²) in [5.74, 6) is -0.308. The van der Waals surface area contributed by atoms with Crippen LogP contribution in [0.25, 0.3) is 11.0 Å². The van der Waals surface area contributed by atoms with Gasteiger partial charge in [-0.15, -0.1) is 0 Å². The summed E-state index contributed by atoms with van der Waals surface area (Å²) >= 11 is 0. The zero-order valence-corrected chi connectivity index (χ0v) is 17.3. The Balaban J connectivity index is 1.69. The molecule has 2 heterocycles. The van der Waals surface area contributed by atoms with Gasteiger partial charge in [0, 0.05) is 18.7 Å². The van der Waals surface area contributed by atoms with E-state index in [1.165, 1.54) is 7.11 Å². The van der Waals surface area contributed by atoms with Crippen LogP contribution in [-0.2, 0) is 11.3 Å². The summed E-state index contributed by atoms with van der Waals surface area (Å²) in [4.78, 5) is 31.0. The monoisotopic (exact) mass is 407 g/mol. The van der Waals surface area contributed by atoms with Crippen molar-refractivity contribution in [2.45, 2.75) is 26.3 Å². The number of methoxy groups -OCH3 is 1. The van der Waals surface area contributed by atoms with Crippen LogP contribution in [-0.4, -0.2) is 53.1 Å². The van der Waals surface area contributed by atoms with Gasteiger partial charge in [0.2, 0.25) is 0 Å². The van der Waals surface area contributed by atoms with Crippen molar-refractivity contribution in [3.05, 3.63) is 59.2 Å². The molecule has 0 unspecified atom stereocenters. The minimum absolute atomic E-state index is 0.0579. The third kappa shape index (κ3) is 3.87. The standard InChI is InChI=1S/C23H25N3O4/c1-3-30-23-24-19-11-10-18(21(27)25-12-4-5-13-25)14-20(19)26(23)15-16-6-8-17(9-7-16)22(28)29-2/h6-11,14H,3-5,12-13,15H2,1-2H3. The number of likely N-dealkylation sites (tertiary alicyclic amines) is 1. The van der Waals surface area contributed by atoms with Crippen molar-refractivity contribution >= 4 is 22.9 Å². The number of carbonyl (C=O) groups is 2. The van der Waals surface area contributed by atoms with Crippen LogP contribution >= 0.6 is 0 Å². The molecular formula is C23H25N3O4. The van der Waals surface area contributed by atoms with Crippen LogP contribution in [0.4, 0.5) is 0 Å². The van der Waals surface area contributed by atoms with Gasteiger partial charge in [-0.3, -0.25) is 9.36 Å². The molecule has 1 aliphatic heterocycles. The average Bonchev–Trinajstić information content (AvgIpc) is 3.42. The lowest BCUT2D eigenvalue weighted by Gasteiger charge is -2.15. The summed E-state index contributed by atoms with van der Waals surface area (Å²) in [6, 6.07) is 13.4. The summed E-state index contributed by atoms with van der Waals surface area (Å²) in [7, 11) is 1.36. The van der Waals surface area contributed by atoms with Crippen molar-refractivity contribution in [2.75, 3.05) is 26.8 Å². The molecule has 2 aromatic carbocycles. The molecule has 1 saturated heterocycles. The highest BCUT2D eigenvalue weighted by atomic mass is 16.5. The number of hydrogen-bond donors (Lipinski definition) is 0. The van der Waals surface area contributed by atoms with Gasteiger partial charge >= 0.3 is 5.97 Å². The summed E-state index contributed by atoms with van der Waals surface area (Å²) in [5, 5.41) is 0. The molecule has 0 N–H and O–H groups in total. The van der Waals surface area contributed by atoms with Crippen LogP contribution < -0.4 is 4.74 Å². The number of ether oxygens (including phenoxy) is 2. The zero-order valence-electron chi connectivity index (χ0n) is 17.3. The molecule has 1 aromatic heterocycles. The Bertz CT molecular complexity index is 1070. The molecule has 7 heteroatoms. The van der Waals surface area contributed by atoms with Gasteiger partial charge in [-0.1, -0.05) is 12.1 Å². The number of nitrogens with zero attached hydrogens (tertiary/aromatic N) is 3. The molecule has 156 valence electrons. The van der Waals surface area contributed by atoms with Gasteiger partial charge in [0.25, 0.3) is 11.9 Å².